The molecule has 1 aromatic carbocycles. The van der Waals surface area contributed by atoms with E-state index in [4.69, 9.17) is 5.11 Å². The predicted octanol–water partition coefficient (Wildman–Crippen LogP) is 1.61. The molecule has 0 fully saturated rings. The van der Waals surface area contributed by atoms with Crippen molar-refractivity contribution in [2.24, 2.45) is 0 Å². The van der Waals surface area contributed by atoms with Crippen molar-refractivity contribution < 1.29 is 14.7 Å². The molecule has 1 amide bonds. The summed E-state index contributed by atoms with van der Waals surface area (Å²) in [5.41, 5.74) is 1.46. The van der Waals surface area contributed by atoms with E-state index in [2.05, 4.69) is 0 Å². The van der Waals surface area contributed by atoms with Crippen molar-refractivity contribution in [2.75, 3.05) is 11.4 Å². The Hall–Kier alpha value is -1.84. The molecule has 0 radical (unpaired) electrons. The van der Waals surface area contributed by atoms with Gasteiger partial charge in [-0.1, -0.05) is 18.2 Å². The number of carbonyl (C=O) groups excluding carboxylic acids is 1. The number of fused-ring (bicyclic) bond motifs is 1. The number of nitrogens with zero attached hydrogens (tertiary/aromatic N) is 1. The monoisotopic (exact) mass is 219 g/mol. The largest absolute Gasteiger partial charge is 0.481 e. The van der Waals surface area contributed by atoms with E-state index in [1.165, 1.54) is 0 Å². The van der Waals surface area contributed by atoms with Crippen LogP contribution < -0.4 is 4.90 Å². The van der Waals surface area contributed by atoms with Crippen LogP contribution in [-0.2, 0) is 9.59 Å². The summed E-state index contributed by atoms with van der Waals surface area (Å²) >= 11 is 0. The number of carbonyl (C=O) groups is 2. The van der Waals surface area contributed by atoms with Crippen LogP contribution in [0.2, 0.25) is 0 Å². The molecule has 0 saturated heterocycles. The smallest absolute Gasteiger partial charge is 0.311 e. The van der Waals surface area contributed by atoms with E-state index in [1.54, 1.807) is 23.1 Å². The summed E-state index contributed by atoms with van der Waals surface area (Å²) in [7, 11) is 0. The summed E-state index contributed by atoms with van der Waals surface area (Å²) < 4.78 is 0. The summed E-state index contributed by atoms with van der Waals surface area (Å²) in [5, 5.41) is 9.09. The van der Waals surface area contributed by atoms with Gasteiger partial charge in [-0.25, -0.2) is 0 Å². The van der Waals surface area contributed by atoms with Gasteiger partial charge in [0.05, 0.1) is 5.92 Å². The second-order valence-corrected chi connectivity index (χ2v) is 3.79. The average Bonchev–Trinajstić information content (AvgIpc) is 2.28. The van der Waals surface area contributed by atoms with Crippen LogP contribution in [0.1, 0.15) is 24.8 Å². The molecule has 4 nitrogen and oxygen atoms in total. The Bertz CT molecular complexity index is 427. The first kappa shape index (κ1) is 10.7. The lowest BCUT2D eigenvalue weighted by atomic mass is 9.89. The number of para-hydroxylation sites is 1. The fourth-order valence-corrected chi connectivity index (χ4v) is 2.12. The molecule has 1 aliphatic heterocycles. The normalized spacial score (nSPS) is 19.4. The van der Waals surface area contributed by atoms with Crippen molar-refractivity contribution in [2.45, 2.75) is 19.3 Å². The van der Waals surface area contributed by atoms with Crippen molar-refractivity contribution in [3.8, 4) is 0 Å². The molecular formula is C12H13NO3. The molecule has 4 heteroatoms. The minimum atomic E-state index is -0.934. The van der Waals surface area contributed by atoms with Gasteiger partial charge in [0.15, 0.2) is 0 Å². The standard InChI is InChI=1S/C12H13NO3/c1-2-13-10-6-4-3-5-8(10)9(12(15)16)7-11(13)14/h3-6,9H,2,7H2,1H3,(H,15,16). The fraction of sp³-hybridized carbons (Fsp3) is 0.333. The van der Waals surface area contributed by atoms with E-state index in [-0.39, 0.29) is 12.3 Å². The predicted molar refractivity (Wildman–Crippen MR) is 59.5 cm³/mol. The van der Waals surface area contributed by atoms with Crippen LogP contribution >= 0.6 is 0 Å². The first-order valence-electron chi connectivity index (χ1n) is 5.27. The number of aliphatic carboxylic acids is 1. The molecule has 0 spiro atoms. The van der Waals surface area contributed by atoms with Gasteiger partial charge in [0.1, 0.15) is 0 Å². The summed E-state index contributed by atoms with van der Waals surface area (Å²) in [6, 6.07) is 7.20. The number of benzene rings is 1. The Balaban J connectivity index is 2.53. The molecule has 1 atom stereocenters. The van der Waals surface area contributed by atoms with Crippen molar-refractivity contribution >= 4 is 17.6 Å². The molecular weight excluding hydrogens is 206 g/mol. The van der Waals surface area contributed by atoms with E-state index in [9.17, 15) is 9.59 Å². The quantitative estimate of drug-likeness (QED) is 0.822. The van der Waals surface area contributed by atoms with Crippen molar-refractivity contribution in [3.63, 3.8) is 0 Å². The lowest BCUT2D eigenvalue weighted by molar-refractivity contribution is -0.140. The van der Waals surface area contributed by atoms with Gasteiger partial charge >= 0.3 is 5.97 Å². The zero-order valence-electron chi connectivity index (χ0n) is 9.01. The molecule has 2 rings (SSSR count). The minimum Gasteiger partial charge on any atom is -0.481 e. The lowest BCUT2D eigenvalue weighted by Crippen LogP contribution is -2.38. The number of hydrogen-bond acceptors (Lipinski definition) is 2. The van der Waals surface area contributed by atoms with E-state index >= 15 is 0 Å². The number of anilines is 1. The van der Waals surface area contributed by atoms with Crippen molar-refractivity contribution in [1.82, 2.24) is 0 Å². The minimum absolute atomic E-state index is 0.0557. The molecule has 1 N–H and O–H groups in total. The molecule has 16 heavy (non-hydrogen) atoms. The summed E-state index contributed by atoms with van der Waals surface area (Å²) in [5.74, 6) is -1.75. The molecule has 0 aliphatic carbocycles. The van der Waals surface area contributed by atoms with Crippen LogP contribution in [0, 0.1) is 0 Å². The molecule has 0 aromatic heterocycles. The van der Waals surface area contributed by atoms with Crippen molar-refractivity contribution in [1.29, 1.82) is 0 Å². The second kappa shape index (κ2) is 3.96. The molecule has 1 unspecified atom stereocenters. The first-order valence-corrected chi connectivity index (χ1v) is 5.27. The Labute approximate surface area is 93.5 Å². The average molecular weight is 219 g/mol. The Morgan fingerprint density at radius 1 is 1.50 bits per heavy atom. The van der Waals surface area contributed by atoms with Crippen LogP contribution in [0.15, 0.2) is 24.3 Å². The number of carboxylic acids is 1. The molecule has 1 heterocycles. The zero-order chi connectivity index (χ0) is 11.7. The maximum absolute atomic E-state index is 11.8. The summed E-state index contributed by atoms with van der Waals surface area (Å²) in [6.07, 6.45) is 0.0557. The van der Waals surface area contributed by atoms with Crippen LogP contribution in [-0.4, -0.2) is 23.5 Å². The molecule has 0 bridgehead atoms. The number of amides is 1. The number of carboxylic acid groups (broad SMARTS) is 1. The highest BCUT2D eigenvalue weighted by atomic mass is 16.4. The Morgan fingerprint density at radius 3 is 2.81 bits per heavy atom. The van der Waals surface area contributed by atoms with E-state index in [0.717, 1.165) is 11.3 Å². The SMILES string of the molecule is CCN1C(=O)CC(C(=O)O)c2ccccc21. The van der Waals surface area contributed by atoms with Crippen LogP contribution in [0.3, 0.4) is 0 Å². The molecule has 0 saturated carbocycles. The molecule has 1 aliphatic rings. The highest BCUT2D eigenvalue weighted by Crippen LogP contribution is 2.35. The van der Waals surface area contributed by atoms with E-state index < -0.39 is 11.9 Å². The maximum Gasteiger partial charge on any atom is 0.311 e. The maximum atomic E-state index is 11.8. The second-order valence-electron chi connectivity index (χ2n) is 3.79. The number of hydrogen-bond donors (Lipinski definition) is 1. The third-order valence-corrected chi connectivity index (χ3v) is 2.90. The van der Waals surface area contributed by atoms with Gasteiger partial charge in [0.2, 0.25) is 5.91 Å². The van der Waals surface area contributed by atoms with Crippen molar-refractivity contribution in [3.05, 3.63) is 29.8 Å². The molecule has 84 valence electrons. The van der Waals surface area contributed by atoms with Gasteiger partial charge in [-0.05, 0) is 18.6 Å². The van der Waals surface area contributed by atoms with Gasteiger partial charge in [-0.3, -0.25) is 9.59 Å². The third-order valence-electron chi connectivity index (χ3n) is 2.90. The van der Waals surface area contributed by atoms with Crippen LogP contribution in [0.5, 0.6) is 0 Å². The highest BCUT2D eigenvalue weighted by molar-refractivity contribution is 6.01. The van der Waals surface area contributed by atoms with E-state index in [0.29, 0.717) is 6.54 Å². The van der Waals surface area contributed by atoms with Crippen LogP contribution in [0.25, 0.3) is 0 Å². The Kier molecular flexibility index (Phi) is 2.64. The van der Waals surface area contributed by atoms with Gasteiger partial charge < -0.3 is 10.0 Å². The summed E-state index contributed by atoms with van der Waals surface area (Å²) in [4.78, 5) is 24.5. The van der Waals surface area contributed by atoms with Gasteiger partial charge in [-0.15, -0.1) is 0 Å². The summed E-state index contributed by atoms with van der Waals surface area (Å²) in [6.45, 7) is 2.46. The van der Waals surface area contributed by atoms with Crippen LogP contribution in [0.4, 0.5) is 5.69 Å². The molecule has 1 aromatic rings. The van der Waals surface area contributed by atoms with Gasteiger partial charge in [0, 0.05) is 18.7 Å². The fourth-order valence-electron chi connectivity index (χ4n) is 2.12. The zero-order valence-corrected chi connectivity index (χ0v) is 9.01. The van der Waals surface area contributed by atoms with Gasteiger partial charge in [-0.2, -0.15) is 0 Å². The third kappa shape index (κ3) is 1.56. The van der Waals surface area contributed by atoms with E-state index in [1.807, 2.05) is 13.0 Å². The number of rotatable bonds is 2. The topological polar surface area (TPSA) is 57.6 Å². The lowest BCUT2D eigenvalue weighted by Gasteiger charge is -2.31. The highest BCUT2D eigenvalue weighted by Gasteiger charge is 2.34. The Morgan fingerprint density at radius 2 is 2.19 bits per heavy atom. The first-order chi connectivity index (χ1) is 7.65. The van der Waals surface area contributed by atoms with Gasteiger partial charge in [0.25, 0.3) is 0 Å².